The molecule has 0 aliphatic rings. The summed E-state index contributed by atoms with van der Waals surface area (Å²) in [7, 11) is 4.17. The highest BCUT2D eigenvalue weighted by Crippen LogP contribution is 2.03. The van der Waals surface area contributed by atoms with Crippen LogP contribution in [0.4, 0.5) is 5.69 Å². The number of nitrogens with one attached hydrogen (secondary N) is 1. The minimum absolute atomic E-state index is 1.01. The molecule has 0 amide bonds. The number of hydrazone groups is 1. The van der Waals surface area contributed by atoms with E-state index in [4.69, 9.17) is 0 Å². The van der Waals surface area contributed by atoms with E-state index in [1.54, 1.807) is 0 Å². The van der Waals surface area contributed by atoms with Gasteiger partial charge >= 0.3 is 0 Å². The average Bonchev–Trinajstić information content (AvgIpc) is 2.24. The largest absolute Gasteiger partial charge is 0.309 e. The first-order chi connectivity index (χ1) is 7.29. The van der Waals surface area contributed by atoms with Gasteiger partial charge in [0, 0.05) is 6.21 Å². The van der Waals surface area contributed by atoms with Crippen molar-refractivity contribution >= 4 is 11.9 Å². The SMILES string of the molecule is CN(C)CCC/C=N/Nc1ccccc1. The van der Waals surface area contributed by atoms with Gasteiger partial charge in [0.05, 0.1) is 5.69 Å². The Morgan fingerprint density at radius 2 is 2.00 bits per heavy atom. The number of benzene rings is 1. The summed E-state index contributed by atoms with van der Waals surface area (Å²) in [6.45, 7) is 1.11. The number of anilines is 1. The van der Waals surface area contributed by atoms with Crippen LogP contribution in [-0.2, 0) is 0 Å². The topological polar surface area (TPSA) is 27.6 Å². The molecular formula is C12H19N3. The van der Waals surface area contributed by atoms with E-state index in [2.05, 4.69) is 29.5 Å². The van der Waals surface area contributed by atoms with Crippen LogP contribution in [0.15, 0.2) is 35.4 Å². The second kappa shape index (κ2) is 7.01. The Balaban J connectivity index is 2.12. The van der Waals surface area contributed by atoms with E-state index in [0.29, 0.717) is 0 Å². The second-order valence-electron chi connectivity index (χ2n) is 3.74. The summed E-state index contributed by atoms with van der Waals surface area (Å²) >= 11 is 0. The minimum atomic E-state index is 1.01. The van der Waals surface area contributed by atoms with Crippen molar-refractivity contribution in [2.24, 2.45) is 5.10 Å². The third kappa shape index (κ3) is 5.86. The zero-order chi connectivity index (χ0) is 10.9. The fourth-order valence-electron chi connectivity index (χ4n) is 1.20. The Morgan fingerprint density at radius 1 is 1.27 bits per heavy atom. The number of unbranched alkanes of at least 4 members (excludes halogenated alkanes) is 1. The van der Waals surface area contributed by atoms with E-state index in [0.717, 1.165) is 25.1 Å². The Kier molecular flexibility index (Phi) is 5.48. The first-order valence-corrected chi connectivity index (χ1v) is 5.26. The molecule has 1 aromatic carbocycles. The van der Waals surface area contributed by atoms with Gasteiger partial charge < -0.3 is 4.90 Å². The fourth-order valence-corrected chi connectivity index (χ4v) is 1.20. The summed E-state index contributed by atoms with van der Waals surface area (Å²) in [6.07, 6.45) is 4.08. The van der Waals surface area contributed by atoms with E-state index in [-0.39, 0.29) is 0 Å². The predicted octanol–water partition coefficient (Wildman–Crippen LogP) is 2.43. The molecule has 0 unspecified atom stereocenters. The van der Waals surface area contributed by atoms with Gasteiger partial charge in [-0.05, 0) is 45.6 Å². The van der Waals surface area contributed by atoms with Gasteiger partial charge in [0.2, 0.25) is 0 Å². The average molecular weight is 205 g/mol. The van der Waals surface area contributed by atoms with Crippen LogP contribution < -0.4 is 5.43 Å². The third-order valence-electron chi connectivity index (χ3n) is 2.00. The monoisotopic (exact) mass is 205 g/mol. The van der Waals surface area contributed by atoms with Gasteiger partial charge in [-0.15, -0.1) is 0 Å². The zero-order valence-corrected chi connectivity index (χ0v) is 9.48. The Bertz CT molecular complexity index is 280. The number of nitrogens with zero attached hydrogens (tertiary/aromatic N) is 2. The van der Waals surface area contributed by atoms with Crippen LogP contribution in [0, 0.1) is 0 Å². The molecule has 1 N–H and O–H groups in total. The number of para-hydroxylation sites is 1. The van der Waals surface area contributed by atoms with E-state index >= 15 is 0 Å². The summed E-state index contributed by atoms with van der Waals surface area (Å²) in [6, 6.07) is 9.97. The third-order valence-corrected chi connectivity index (χ3v) is 2.00. The number of rotatable bonds is 6. The van der Waals surface area contributed by atoms with Gasteiger partial charge in [-0.1, -0.05) is 18.2 Å². The lowest BCUT2D eigenvalue weighted by molar-refractivity contribution is 0.404. The van der Waals surface area contributed by atoms with Gasteiger partial charge in [0.1, 0.15) is 0 Å². The molecule has 1 rings (SSSR count). The normalized spacial score (nSPS) is 11.1. The minimum Gasteiger partial charge on any atom is -0.309 e. The molecule has 3 nitrogen and oxygen atoms in total. The predicted molar refractivity (Wildman–Crippen MR) is 66.3 cm³/mol. The van der Waals surface area contributed by atoms with Gasteiger partial charge in [0.25, 0.3) is 0 Å². The summed E-state index contributed by atoms with van der Waals surface area (Å²) in [5, 5.41) is 4.14. The molecule has 0 atom stereocenters. The van der Waals surface area contributed by atoms with Crippen molar-refractivity contribution < 1.29 is 0 Å². The van der Waals surface area contributed by atoms with Crippen molar-refractivity contribution in [3.8, 4) is 0 Å². The van der Waals surface area contributed by atoms with Crippen LogP contribution in [0.3, 0.4) is 0 Å². The lowest BCUT2D eigenvalue weighted by Crippen LogP contribution is -2.12. The summed E-state index contributed by atoms with van der Waals surface area (Å²) in [4.78, 5) is 2.18. The molecule has 0 fully saturated rings. The highest BCUT2D eigenvalue weighted by atomic mass is 15.3. The van der Waals surface area contributed by atoms with E-state index in [1.807, 2.05) is 36.5 Å². The highest BCUT2D eigenvalue weighted by Gasteiger charge is 1.88. The molecule has 1 aromatic rings. The van der Waals surface area contributed by atoms with Gasteiger partial charge in [-0.3, -0.25) is 5.43 Å². The van der Waals surface area contributed by atoms with Gasteiger partial charge in [-0.25, -0.2) is 0 Å². The lowest BCUT2D eigenvalue weighted by atomic mass is 10.3. The first-order valence-electron chi connectivity index (χ1n) is 5.26. The fraction of sp³-hybridized carbons (Fsp3) is 0.417. The van der Waals surface area contributed by atoms with Crippen LogP contribution in [-0.4, -0.2) is 31.8 Å². The van der Waals surface area contributed by atoms with E-state index in [9.17, 15) is 0 Å². The molecule has 0 spiro atoms. The van der Waals surface area contributed by atoms with Crippen molar-refractivity contribution in [1.82, 2.24) is 4.90 Å². The summed E-state index contributed by atoms with van der Waals surface area (Å²) in [5.74, 6) is 0. The molecule has 15 heavy (non-hydrogen) atoms. The lowest BCUT2D eigenvalue weighted by Gasteiger charge is -2.06. The van der Waals surface area contributed by atoms with Crippen LogP contribution in [0.5, 0.6) is 0 Å². The van der Waals surface area contributed by atoms with Crippen molar-refractivity contribution in [2.75, 3.05) is 26.1 Å². The number of hydrogen-bond donors (Lipinski definition) is 1. The summed E-state index contributed by atoms with van der Waals surface area (Å²) < 4.78 is 0. The molecule has 0 heterocycles. The van der Waals surface area contributed by atoms with Gasteiger partial charge in [-0.2, -0.15) is 5.10 Å². The molecule has 0 bridgehead atoms. The van der Waals surface area contributed by atoms with Crippen LogP contribution in [0.1, 0.15) is 12.8 Å². The summed E-state index contributed by atoms with van der Waals surface area (Å²) in [5.41, 5.74) is 4.02. The van der Waals surface area contributed by atoms with Crippen molar-refractivity contribution in [3.63, 3.8) is 0 Å². The molecule has 0 aliphatic heterocycles. The standard InChI is InChI=1S/C12H19N3/c1-15(2)11-7-6-10-13-14-12-8-4-3-5-9-12/h3-5,8-10,14H,6-7,11H2,1-2H3/b13-10+. The van der Waals surface area contributed by atoms with E-state index in [1.165, 1.54) is 0 Å². The van der Waals surface area contributed by atoms with Crippen LogP contribution in [0.25, 0.3) is 0 Å². The maximum atomic E-state index is 4.14. The Hall–Kier alpha value is -1.35. The van der Waals surface area contributed by atoms with Crippen molar-refractivity contribution in [1.29, 1.82) is 0 Å². The smallest absolute Gasteiger partial charge is 0.0561 e. The van der Waals surface area contributed by atoms with E-state index < -0.39 is 0 Å². The molecule has 0 aromatic heterocycles. The van der Waals surface area contributed by atoms with Crippen molar-refractivity contribution in [2.45, 2.75) is 12.8 Å². The zero-order valence-electron chi connectivity index (χ0n) is 9.48. The van der Waals surface area contributed by atoms with Crippen LogP contribution in [0.2, 0.25) is 0 Å². The molecule has 3 heteroatoms. The van der Waals surface area contributed by atoms with Crippen LogP contribution >= 0.6 is 0 Å². The molecule has 82 valence electrons. The maximum Gasteiger partial charge on any atom is 0.0561 e. The first kappa shape index (κ1) is 11.7. The number of hydrogen-bond acceptors (Lipinski definition) is 3. The maximum absolute atomic E-state index is 4.14. The molecular weight excluding hydrogens is 186 g/mol. The molecule has 0 radical (unpaired) electrons. The molecule has 0 aliphatic carbocycles. The second-order valence-corrected chi connectivity index (χ2v) is 3.74. The molecule has 0 saturated heterocycles. The Morgan fingerprint density at radius 3 is 2.67 bits per heavy atom. The van der Waals surface area contributed by atoms with Gasteiger partial charge in [0.15, 0.2) is 0 Å². The quantitative estimate of drug-likeness (QED) is 0.439. The Labute approximate surface area is 91.8 Å². The van der Waals surface area contributed by atoms with Crippen molar-refractivity contribution in [3.05, 3.63) is 30.3 Å². The molecule has 0 saturated carbocycles. The highest BCUT2D eigenvalue weighted by molar-refractivity contribution is 5.59.